The van der Waals surface area contributed by atoms with E-state index in [2.05, 4.69) is 53.7 Å². The minimum Gasteiger partial charge on any atom is -0.289 e. The molecule has 0 radical (unpaired) electrons. The number of rotatable bonds is 4. The van der Waals surface area contributed by atoms with E-state index in [0.717, 1.165) is 22.3 Å². The number of benzene rings is 2. The van der Waals surface area contributed by atoms with Crippen molar-refractivity contribution in [1.82, 2.24) is 0 Å². The molecule has 0 fully saturated rings. The maximum Gasteiger partial charge on any atom is 0.193 e. The maximum absolute atomic E-state index is 13.1. The van der Waals surface area contributed by atoms with E-state index in [0.29, 0.717) is 11.8 Å². The van der Waals surface area contributed by atoms with Crippen LogP contribution in [0.3, 0.4) is 0 Å². The third kappa shape index (κ3) is 3.30. The minimum atomic E-state index is 0.146. The maximum atomic E-state index is 13.1. The fraction of sp³-hybridized carbons (Fsp3) is 0.381. The van der Waals surface area contributed by atoms with Gasteiger partial charge in [0.1, 0.15) is 0 Å². The first kappa shape index (κ1) is 16.5. The molecule has 0 spiro atoms. The van der Waals surface area contributed by atoms with E-state index in [4.69, 9.17) is 0 Å². The first-order chi connectivity index (χ1) is 10.3. The Morgan fingerprint density at radius 1 is 0.727 bits per heavy atom. The predicted molar refractivity (Wildman–Crippen MR) is 94.0 cm³/mol. The van der Waals surface area contributed by atoms with Gasteiger partial charge in [0, 0.05) is 11.1 Å². The summed E-state index contributed by atoms with van der Waals surface area (Å²) < 4.78 is 0. The molecule has 0 unspecified atom stereocenters. The molecule has 0 aliphatic heterocycles. The predicted octanol–water partition coefficient (Wildman–Crippen LogP) is 5.78. The molecule has 0 bridgehead atoms. The zero-order chi connectivity index (χ0) is 16.4. The third-order valence-corrected chi connectivity index (χ3v) is 4.15. The Labute approximate surface area is 134 Å². The van der Waals surface area contributed by atoms with Gasteiger partial charge in [-0.05, 0) is 36.8 Å². The lowest BCUT2D eigenvalue weighted by molar-refractivity contribution is 0.103. The van der Waals surface area contributed by atoms with Crippen LogP contribution >= 0.6 is 0 Å². The van der Waals surface area contributed by atoms with Gasteiger partial charge in [-0.25, -0.2) is 0 Å². The molecule has 1 heteroatoms. The van der Waals surface area contributed by atoms with E-state index in [9.17, 15) is 4.79 Å². The first-order valence-corrected chi connectivity index (χ1v) is 8.07. The van der Waals surface area contributed by atoms with Crippen molar-refractivity contribution in [2.75, 3.05) is 0 Å². The molecule has 22 heavy (non-hydrogen) atoms. The molecule has 0 aliphatic rings. The summed E-state index contributed by atoms with van der Waals surface area (Å²) in [5.74, 6) is 0.825. The lowest BCUT2D eigenvalue weighted by Crippen LogP contribution is -2.10. The van der Waals surface area contributed by atoms with Crippen LogP contribution in [0.4, 0.5) is 0 Å². The van der Waals surface area contributed by atoms with E-state index >= 15 is 0 Å². The second kappa shape index (κ2) is 6.48. The number of aryl methyl sites for hydroxylation is 2. The number of hydrogen-bond donors (Lipinski definition) is 0. The van der Waals surface area contributed by atoms with Crippen LogP contribution in [-0.4, -0.2) is 5.78 Å². The van der Waals surface area contributed by atoms with Crippen molar-refractivity contribution in [3.63, 3.8) is 0 Å². The first-order valence-electron chi connectivity index (χ1n) is 8.07. The van der Waals surface area contributed by atoms with Crippen LogP contribution in [0.2, 0.25) is 0 Å². The summed E-state index contributed by atoms with van der Waals surface area (Å²) >= 11 is 0. The zero-order valence-corrected chi connectivity index (χ0v) is 14.5. The topological polar surface area (TPSA) is 17.1 Å². The molecule has 0 amide bonds. The van der Waals surface area contributed by atoms with Gasteiger partial charge in [0.2, 0.25) is 0 Å². The zero-order valence-electron chi connectivity index (χ0n) is 14.5. The summed E-state index contributed by atoms with van der Waals surface area (Å²) in [5, 5.41) is 0. The molecular formula is C21H26O. The van der Waals surface area contributed by atoms with Gasteiger partial charge in [-0.2, -0.15) is 0 Å². The SMILES string of the molecule is Cc1ccc(C(=O)c2ccc(C)cc2C(C)C)c(C(C)C)c1. The summed E-state index contributed by atoms with van der Waals surface area (Å²) in [6.07, 6.45) is 0. The summed E-state index contributed by atoms with van der Waals surface area (Å²) in [6.45, 7) is 12.7. The Morgan fingerprint density at radius 3 is 1.41 bits per heavy atom. The van der Waals surface area contributed by atoms with Crippen molar-refractivity contribution in [1.29, 1.82) is 0 Å². The highest BCUT2D eigenvalue weighted by Crippen LogP contribution is 2.27. The van der Waals surface area contributed by atoms with Crippen molar-refractivity contribution in [3.05, 3.63) is 69.8 Å². The van der Waals surface area contributed by atoms with Gasteiger partial charge in [0.05, 0.1) is 0 Å². The van der Waals surface area contributed by atoms with Crippen molar-refractivity contribution < 1.29 is 4.79 Å². The summed E-state index contributed by atoms with van der Waals surface area (Å²) in [5.41, 5.74) is 6.36. The van der Waals surface area contributed by atoms with Crippen LogP contribution < -0.4 is 0 Å². The molecule has 0 aromatic heterocycles. The van der Waals surface area contributed by atoms with Gasteiger partial charge in [-0.3, -0.25) is 4.79 Å². The standard InChI is InChI=1S/C21H26O/c1-13(2)19-11-15(5)7-9-17(19)21(22)18-10-8-16(6)12-20(18)14(3)4/h7-14H,1-6H3. The van der Waals surface area contributed by atoms with Gasteiger partial charge >= 0.3 is 0 Å². The smallest absolute Gasteiger partial charge is 0.193 e. The fourth-order valence-corrected chi connectivity index (χ4v) is 2.88. The van der Waals surface area contributed by atoms with E-state index in [1.54, 1.807) is 0 Å². The van der Waals surface area contributed by atoms with Crippen molar-refractivity contribution in [2.24, 2.45) is 0 Å². The average molecular weight is 294 g/mol. The third-order valence-electron chi connectivity index (χ3n) is 4.15. The molecule has 0 aliphatic carbocycles. The molecule has 0 heterocycles. The molecule has 2 rings (SSSR count). The van der Waals surface area contributed by atoms with Gasteiger partial charge < -0.3 is 0 Å². The quantitative estimate of drug-likeness (QED) is 0.653. The van der Waals surface area contributed by atoms with Crippen molar-refractivity contribution >= 4 is 5.78 Å². The lowest BCUT2D eigenvalue weighted by Gasteiger charge is -2.17. The molecule has 1 nitrogen and oxygen atoms in total. The largest absolute Gasteiger partial charge is 0.289 e. The summed E-state index contributed by atoms with van der Waals surface area (Å²) in [4.78, 5) is 13.1. The number of ketones is 1. The molecule has 0 saturated carbocycles. The Kier molecular flexibility index (Phi) is 4.85. The van der Waals surface area contributed by atoms with Crippen LogP contribution in [0.15, 0.2) is 36.4 Å². The second-order valence-corrected chi connectivity index (χ2v) is 6.82. The van der Waals surface area contributed by atoms with Crippen LogP contribution in [0.5, 0.6) is 0 Å². The number of carbonyl (C=O) groups is 1. The highest BCUT2D eigenvalue weighted by atomic mass is 16.1. The Bertz CT molecular complexity index is 634. The molecule has 0 atom stereocenters. The normalized spacial score (nSPS) is 11.3. The van der Waals surface area contributed by atoms with Crippen LogP contribution in [0.25, 0.3) is 0 Å². The number of hydrogen-bond acceptors (Lipinski definition) is 1. The van der Waals surface area contributed by atoms with Gasteiger partial charge in [-0.15, -0.1) is 0 Å². The highest BCUT2D eigenvalue weighted by molar-refractivity contribution is 6.11. The van der Waals surface area contributed by atoms with Gasteiger partial charge in [0.25, 0.3) is 0 Å². The Balaban J connectivity index is 2.58. The molecule has 116 valence electrons. The van der Waals surface area contributed by atoms with Gasteiger partial charge in [0.15, 0.2) is 5.78 Å². The van der Waals surface area contributed by atoms with E-state index in [1.165, 1.54) is 11.1 Å². The molecular weight excluding hydrogens is 268 g/mol. The molecule has 0 saturated heterocycles. The summed E-state index contributed by atoms with van der Waals surface area (Å²) in [6, 6.07) is 12.3. The monoisotopic (exact) mass is 294 g/mol. The van der Waals surface area contributed by atoms with Crippen LogP contribution in [0, 0.1) is 13.8 Å². The second-order valence-electron chi connectivity index (χ2n) is 6.82. The van der Waals surface area contributed by atoms with Gasteiger partial charge in [-0.1, -0.05) is 75.2 Å². The molecule has 0 N–H and O–H groups in total. The fourth-order valence-electron chi connectivity index (χ4n) is 2.88. The lowest BCUT2D eigenvalue weighted by atomic mass is 9.86. The summed E-state index contributed by atoms with van der Waals surface area (Å²) in [7, 11) is 0. The minimum absolute atomic E-state index is 0.146. The molecule has 2 aromatic carbocycles. The number of carbonyl (C=O) groups excluding carboxylic acids is 1. The Morgan fingerprint density at radius 2 is 1.09 bits per heavy atom. The van der Waals surface area contributed by atoms with Crippen molar-refractivity contribution in [2.45, 2.75) is 53.4 Å². The van der Waals surface area contributed by atoms with Crippen LogP contribution in [0.1, 0.15) is 77.7 Å². The average Bonchev–Trinajstić information content (AvgIpc) is 2.46. The van der Waals surface area contributed by atoms with E-state index in [1.807, 2.05) is 24.3 Å². The molecule has 2 aromatic rings. The van der Waals surface area contributed by atoms with Crippen LogP contribution in [-0.2, 0) is 0 Å². The van der Waals surface area contributed by atoms with E-state index in [-0.39, 0.29) is 5.78 Å². The van der Waals surface area contributed by atoms with E-state index < -0.39 is 0 Å². The van der Waals surface area contributed by atoms with Crippen molar-refractivity contribution in [3.8, 4) is 0 Å². The Hall–Kier alpha value is -1.89. The highest BCUT2D eigenvalue weighted by Gasteiger charge is 2.19.